The van der Waals surface area contributed by atoms with E-state index < -0.39 is 18.4 Å². The average Bonchev–Trinajstić information content (AvgIpc) is 2.69. The molecule has 2 rings (SSSR count). The van der Waals surface area contributed by atoms with Crippen LogP contribution in [0, 0.1) is 12.8 Å². The molecule has 8 nitrogen and oxygen atoms in total. The summed E-state index contributed by atoms with van der Waals surface area (Å²) in [5.41, 5.74) is 1.21. The van der Waals surface area contributed by atoms with E-state index in [1.807, 2.05) is 13.8 Å². The number of phenols is 1. The smallest absolute Gasteiger partial charge is 0.343 e. The average molecular weight is 434 g/mol. The standard InChI is InChI=1S/C23H30O8/c1-12(2)9-16(24)14-7-8-18(19(22(26)27)21(14)28-4)31-20-15(23(29-5)30-6)10-13(3)11-17(20)25/h7-8,10-12,16,23-25H,9H2,1-6H3,(H,26,27). The molecule has 0 radical (unpaired) electrons. The van der Waals surface area contributed by atoms with Crippen molar-refractivity contribution in [3.05, 3.63) is 46.5 Å². The Bertz CT molecular complexity index is 918. The minimum atomic E-state index is -1.30. The molecule has 0 saturated heterocycles. The molecule has 2 aromatic carbocycles. The summed E-state index contributed by atoms with van der Waals surface area (Å²) < 4.78 is 21.8. The first-order valence-corrected chi connectivity index (χ1v) is 9.83. The van der Waals surface area contributed by atoms with Crippen LogP contribution in [0.5, 0.6) is 23.0 Å². The number of carboxylic acid groups (broad SMARTS) is 1. The SMILES string of the molecule is COc1c(C(O)CC(C)C)ccc(Oc2c(O)cc(C)cc2C(OC)OC)c1C(=O)O. The van der Waals surface area contributed by atoms with Gasteiger partial charge in [0.15, 0.2) is 17.8 Å². The summed E-state index contributed by atoms with van der Waals surface area (Å²) in [6.45, 7) is 5.69. The van der Waals surface area contributed by atoms with Crippen LogP contribution in [0.4, 0.5) is 0 Å². The van der Waals surface area contributed by atoms with E-state index in [9.17, 15) is 20.1 Å². The van der Waals surface area contributed by atoms with Crippen LogP contribution >= 0.6 is 0 Å². The number of hydrogen-bond acceptors (Lipinski definition) is 7. The molecule has 0 spiro atoms. The van der Waals surface area contributed by atoms with Crippen molar-refractivity contribution in [3.63, 3.8) is 0 Å². The lowest BCUT2D eigenvalue weighted by atomic mass is 9.96. The van der Waals surface area contributed by atoms with E-state index in [0.717, 1.165) is 5.56 Å². The number of methoxy groups -OCH3 is 3. The van der Waals surface area contributed by atoms with Gasteiger partial charge < -0.3 is 34.3 Å². The molecule has 170 valence electrons. The molecule has 3 N–H and O–H groups in total. The summed E-state index contributed by atoms with van der Waals surface area (Å²) in [6.07, 6.45) is -1.32. The Morgan fingerprint density at radius 2 is 1.68 bits per heavy atom. The van der Waals surface area contributed by atoms with Gasteiger partial charge in [0.25, 0.3) is 0 Å². The Morgan fingerprint density at radius 1 is 1.03 bits per heavy atom. The van der Waals surface area contributed by atoms with Crippen LogP contribution in [0.15, 0.2) is 24.3 Å². The molecule has 0 aliphatic rings. The second kappa shape index (κ2) is 10.5. The normalized spacial score (nSPS) is 12.3. The minimum Gasteiger partial charge on any atom is -0.504 e. The van der Waals surface area contributed by atoms with Gasteiger partial charge in [-0.15, -0.1) is 0 Å². The molecule has 0 aliphatic heterocycles. The molecule has 0 aromatic heterocycles. The highest BCUT2D eigenvalue weighted by atomic mass is 16.7. The molecule has 1 unspecified atom stereocenters. The molecule has 0 amide bonds. The number of aromatic hydroxyl groups is 1. The maximum absolute atomic E-state index is 12.1. The number of ether oxygens (including phenoxy) is 4. The Morgan fingerprint density at radius 3 is 2.19 bits per heavy atom. The molecule has 1 atom stereocenters. The largest absolute Gasteiger partial charge is 0.504 e. The third kappa shape index (κ3) is 5.46. The first-order valence-electron chi connectivity index (χ1n) is 9.83. The first kappa shape index (κ1) is 24.5. The molecule has 0 bridgehead atoms. The molecule has 31 heavy (non-hydrogen) atoms. The number of benzene rings is 2. The number of phenolic OH excluding ortho intramolecular Hbond substituents is 1. The first-order chi connectivity index (χ1) is 14.6. The van der Waals surface area contributed by atoms with Crippen molar-refractivity contribution in [2.75, 3.05) is 21.3 Å². The third-order valence-electron chi connectivity index (χ3n) is 4.76. The van der Waals surface area contributed by atoms with E-state index in [1.54, 1.807) is 19.1 Å². The molecule has 8 heteroatoms. The van der Waals surface area contributed by atoms with Crippen molar-refractivity contribution in [1.29, 1.82) is 0 Å². The monoisotopic (exact) mass is 434 g/mol. The van der Waals surface area contributed by atoms with E-state index in [-0.39, 0.29) is 34.5 Å². The van der Waals surface area contributed by atoms with Gasteiger partial charge in [0, 0.05) is 19.8 Å². The predicted molar refractivity (Wildman–Crippen MR) is 114 cm³/mol. The lowest BCUT2D eigenvalue weighted by molar-refractivity contribution is -0.106. The molecular weight excluding hydrogens is 404 g/mol. The summed E-state index contributed by atoms with van der Waals surface area (Å²) in [6, 6.07) is 6.19. The van der Waals surface area contributed by atoms with Crippen LogP contribution in [0.3, 0.4) is 0 Å². The van der Waals surface area contributed by atoms with Crippen LogP contribution < -0.4 is 9.47 Å². The number of rotatable bonds is 10. The Kier molecular flexibility index (Phi) is 8.27. The highest BCUT2D eigenvalue weighted by molar-refractivity contribution is 5.95. The summed E-state index contributed by atoms with van der Waals surface area (Å²) in [5, 5.41) is 30.9. The van der Waals surface area contributed by atoms with Crippen LogP contribution in [-0.2, 0) is 9.47 Å². The van der Waals surface area contributed by atoms with Gasteiger partial charge in [0.05, 0.1) is 18.8 Å². The highest BCUT2D eigenvalue weighted by Gasteiger charge is 2.27. The van der Waals surface area contributed by atoms with Gasteiger partial charge in [0.2, 0.25) is 0 Å². The van der Waals surface area contributed by atoms with Crippen LogP contribution in [-0.4, -0.2) is 42.6 Å². The molecule has 0 fully saturated rings. The fourth-order valence-corrected chi connectivity index (χ4v) is 3.45. The lowest BCUT2D eigenvalue weighted by Crippen LogP contribution is -2.11. The predicted octanol–water partition coefficient (Wildman–Crippen LogP) is 4.57. The van der Waals surface area contributed by atoms with Crippen LogP contribution in [0.25, 0.3) is 0 Å². The summed E-state index contributed by atoms with van der Waals surface area (Å²) in [4.78, 5) is 12.1. The minimum absolute atomic E-state index is 0.000619. The summed E-state index contributed by atoms with van der Waals surface area (Å²) in [7, 11) is 4.21. The Hall–Kier alpha value is -2.81. The summed E-state index contributed by atoms with van der Waals surface area (Å²) in [5.74, 6) is -1.37. The fourth-order valence-electron chi connectivity index (χ4n) is 3.45. The van der Waals surface area contributed by atoms with Crippen molar-refractivity contribution in [1.82, 2.24) is 0 Å². The molecular formula is C23H30O8. The Balaban J connectivity index is 2.64. The quantitative estimate of drug-likeness (QED) is 0.466. The zero-order chi connectivity index (χ0) is 23.3. The van der Waals surface area contributed by atoms with Gasteiger partial charge in [-0.2, -0.15) is 0 Å². The molecule has 0 saturated carbocycles. The van der Waals surface area contributed by atoms with Gasteiger partial charge in [-0.05, 0) is 49.1 Å². The van der Waals surface area contributed by atoms with E-state index in [0.29, 0.717) is 17.5 Å². The van der Waals surface area contributed by atoms with Gasteiger partial charge in [0.1, 0.15) is 17.1 Å². The van der Waals surface area contributed by atoms with Gasteiger partial charge in [-0.3, -0.25) is 0 Å². The van der Waals surface area contributed by atoms with Gasteiger partial charge in [-0.25, -0.2) is 4.79 Å². The fraction of sp³-hybridized carbons (Fsp3) is 0.435. The van der Waals surface area contributed by atoms with Crippen molar-refractivity contribution < 1.29 is 39.1 Å². The zero-order valence-corrected chi connectivity index (χ0v) is 18.6. The van der Waals surface area contributed by atoms with E-state index in [2.05, 4.69) is 0 Å². The lowest BCUT2D eigenvalue weighted by Gasteiger charge is -2.22. The number of aromatic carboxylic acids is 1. The maximum Gasteiger partial charge on any atom is 0.343 e. The van der Waals surface area contributed by atoms with Crippen molar-refractivity contribution in [3.8, 4) is 23.0 Å². The number of aliphatic hydroxyl groups excluding tert-OH is 1. The number of aliphatic hydroxyl groups is 1. The zero-order valence-electron chi connectivity index (χ0n) is 18.6. The second-order valence-electron chi connectivity index (χ2n) is 7.62. The van der Waals surface area contributed by atoms with Crippen LogP contribution in [0.2, 0.25) is 0 Å². The van der Waals surface area contributed by atoms with Crippen molar-refractivity contribution >= 4 is 5.97 Å². The number of hydrogen-bond donors (Lipinski definition) is 3. The van der Waals surface area contributed by atoms with Crippen molar-refractivity contribution in [2.45, 2.75) is 39.6 Å². The van der Waals surface area contributed by atoms with Crippen LogP contribution in [0.1, 0.15) is 59.7 Å². The Labute approximate surface area is 182 Å². The van der Waals surface area contributed by atoms with Gasteiger partial charge >= 0.3 is 5.97 Å². The highest BCUT2D eigenvalue weighted by Crippen LogP contribution is 2.44. The number of carbonyl (C=O) groups is 1. The summed E-state index contributed by atoms with van der Waals surface area (Å²) >= 11 is 0. The van der Waals surface area contributed by atoms with E-state index >= 15 is 0 Å². The molecule has 2 aromatic rings. The molecule has 0 aliphatic carbocycles. The second-order valence-corrected chi connectivity index (χ2v) is 7.62. The van der Waals surface area contributed by atoms with E-state index in [4.69, 9.17) is 18.9 Å². The van der Waals surface area contributed by atoms with Gasteiger partial charge in [-0.1, -0.05) is 13.8 Å². The number of carboxylic acids is 1. The van der Waals surface area contributed by atoms with E-state index in [1.165, 1.54) is 33.5 Å². The molecule has 0 heterocycles. The maximum atomic E-state index is 12.1. The van der Waals surface area contributed by atoms with Crippen molar-refractivity contribution in [2.24, 2.45) is 5.92 Å². The third-order valence-corrected chi connectivity index (χ3v) is 4.76. The topological polar surface area (TPSA) is 115 Å². The number of aryl methyl sites for hydroxylation is 1.